The molecular formula is C26H25N5O2. The molecule has 0 saturated carbocycles. The Bertz CT molecular complexity index is 1200. The first-order chi connectivity index (χ1) is 16.0. The minimum atomic E-state index is -0.411. The zero-order valence-corrected chi connectivity index (χ0v) is 18.6. The van der Waals surface area contributed by atoms with Crippen molar-refractivity contribution in [2.75, 3.05) is 10.2 Å². The number of hydrogen-bond acceptors (Lipinski definition) is 6. The van der Waals surface area contributed by atoms with Crippen molar-refractivity contribution in [1.82, 2.24) is 9.97 Å². The van der Waals surface area contributed by atoms with Crippen molar-refractivity contribution < 1.29 is 4.92 Å². The first-order valence-corrected chi connectivity index (χ1v) is 10.7. The standard InChI is InChI=1S/C26H25N5O2/c1-19-10-9-15-23(20(19)2)29-25-24(31(32)33)26(28-18-27-25)30(16-21-11-5-3-6-12-21)17-22-13-7-4-8-14-22/h3-15,18H,16-17H2,1-2H3,(H,27,28,29). The van der Waals surface area contributed by atoms with Crippen LogP contribution < -0.4 is 10.2 Å². The van der Waals surface area contributed by atoms with Crippen LogP contribution in [0.2, 0.25) is 0 Å². The highest BCUT2D eigenvalue weighted by Gasteiger charge is 2.28. The zero-order chi connectivity index (χ0) is 23.2. The molecule has 0 spiro atoms. The Balaban J connectivity index is 1.78. The number of hydrogen-bond donors (Lipinski definition) is 1. The molecule has 4 rings (SSSR count). The predicted octanol–water partition coefficient (Wildman–Crippen LogP) is 5.95. The van der Waals surface area contributed by atoms with E-state index in [-0.39, 0.29) is 17.3 Å². The minimum Gasteiger partial charge on any atom is -0.342 e. The lowest BCUT2D eigenvalue weighted by atomic mass is 10.1. The zero-order valence-electron chi connectivity index (χ0n) is 18.6. The van der Waals surface area contributed by atoms with Gasteiger partial charge < -0.3 is 10.2 Å². The van der Waals surface area contributed by atoms with Crippen LogP contribution in [0.15, 0.2) is 85.2 Å². The highest BCUT2D eigenvalue weighted by atomic mass is 16.6. The van der Waals surface area contributed by atoms with Crippen LogP contribution in [0.3, 0.4) is 0 Å². The van der Waals surface area contributed by atoms with Crippen molar-refractivity contribution in [3.05, 3.63) is 118 Å². The third-order valence-electron chi connectivity index (χ3n) is 5.58. The summed E-state index contributed by atoms with van der Waals surface area (Å²) < 4.78 is 0. The lowest BCUT2D eigenvalue weighted by Gasteiger charge is -2.24. The van der Waals surface area contributed by atoms with Gasteiger partial charge >= 0.3 is 5.69 Å². The quantitative estimate of drug-likeness (QED) is 0.270. The number of anilines is 3. The molecule has 3 aromatic carbocycles. The van der Waals surface area contributed by atoms with E-state index in [9.17, 15) is 10.1 Å². The van der Waals surface area contributed by atoms with Crippen molar-refractivity contribution in [3.63, 3.8) is 0 Å². The van der Waals surface area contributed by atoms with E-state index < -0.39 is 4.92 Å². The molecule has 0 aliphatic rings. The van der Waals surface area contributed by atoms with Gasteiger partial charge in [-0.25, -0.2) is 9.97 Å². The van der Waals surface area contributed by atoms with Gasteiger partial charge in [-0.1, -0.05) is 72.8 Å². The summed E-state index contributed by atoms with van der Waals surface area (Å²) in [6.07, 6.45) is 1.37. The average Bonchev–Trinajstić information content (AvgIpc) is 2.83. The van der Waals surface area contributed by atoms with Crippen LogP contribution in [-0.4, -0.2) is 14.9 Å². The molecule has 0 atom stereocenters. The number of aromatic nitrogens is 2. The Morgan fingerprint density at radius 1 is 0.848 bits per heavy atom. The maximum Gasteiger partial charge on any atom is 0.353 e. The van der Waals surface area contributed by atoms with E-state index in [1.807, 2.05) is 97.6 Å². The Morgan fingerprint density at radius 2 is 1.45 bits per heavy atom. The van der Waals surface area contributed by atoms with Crippen molar-refractivity contribution >= 4 is 23.0 Å². The molecule has 0 amide bonds. The second kappa shape index (κ2) is 9.91. The fraction of sp³-hybridized carbons (Fsp3) is 0.154. The molecule has 0 radical (unpaired) electrons. The maximum absolute atomic E-state index is 12.3. The maximum atomic E-state index is 12.3. The van der Waals surface area contributed by atoms with E-state index in [2.05, 4.69) is 15.3 Å². The molecule has 0 bridgehead atoms. The number of benzene rings is 3. The van der Waals surface area contributed by atoms with Gasteiger partial charge in [-0.3, -0.25) is 10.1 Å². The molecule has 7 nitrogen and oxygen atoms in total. The number of rotatable bonds is 8. The van der Waals surface area contributed by atoms with Crippen LogP contribution in [0.25, 0.3) is 0 Å². The summed E-state index contributed by atoms with van der Waals surface area (Å²) >= 11 is 0. The summed E-state index contributed by atoms with van der Waals surface area (Å²) in [6, 6.07) is 25.5. The van der Waals surface area contributed by atoms with Crippen LogP contribution in [0, 0.1) is 24.0 Å². The second-order valence-corrected chi connectivity index (χ2v) is 7.85. The molecular weight excluding hydrogens is 414 g/mol. The van der Waals surface area contributed by atoms with Crippen LogP contribution in [0.5, 0.6) is 0 Å². The molecule has 0 saturated heterocycles. The lowest BCUT2D eigenvalue weighted by molar-refractivity contribution is -0.383. The summed E-state index contributed by atoms with van der Waals surface area (Å²) in [5.74, 6) is 0.445. The first-order valence-electron chi connectivity index (χ1n) is 10.7. The van der Waals surface area contributed by atoms with Gasteiger partial charge in [0.05, 0.1) is 4.92 Å². The number of nitrogens with one attached hydrogen (secondary N) is 1. The number of nitrogens with zero attached hydrogens (tertiary/aromatic N) is 4. The van der Waals surface area contributed by atoms with Crippen LogP contribution in [0.1, 0.15) is 22.3 Å². The second-order valence-electron chi connectivity index (χ2n) is 7.85. The van der Waals surface area contributed by atoms with Gasteiger partial charge in [0, 0.05) is 18.8 Å². The summed E-state index contributed by atoms with van der Waals surface area (Å²) in [7, 11) is 0. The normalized spacial score (nSPS) is 10.6. The van der Waals surface area contributed by atoms with E-state index in [1.165, 1.54) is 6.33 Å². The van der Waals surface area contributed by atoms with Crippen molar-refractivity contribution in [2.24, 2.45) is 0 Å². The molecule has 1 heterocycles. The smallest absolute Gasteiger partial charge is 0.342 e. The van der Waals surface area contributed by atoms with Crippen LogP contribution in [0.4, 0.5) is 23.0 Å². The third-order valence-corrected chi connectivity index (χ3v) is 5.58. The SMILES string of the molecule is Cc1cccc(Nc2ncnc(N(Cc3ccccc3)Cc3ccccc3)c2[N+](=O)[O-])c1C. The van der Waals surface area contributed by atoms with E-state index in [4.69, 9.17) is 0 Å². The van der Waals surface area contributed by atoms with E-state index in [0.717, 1.165) is 27.9 Å². The number of aryl methyl sites for hydroxylation is 1. The van der Waals surface area contributed by atoms with Gasteiger partial charge in [-0.2, -0.15) is 0 Å². The topological polar surface area (TPSA) is 84.2 Å². The number of nitro groups is 1. The van der Waals surface area contributed by atoms with Gasteiger partial charge in [0.25, 0.3) is 0 Å². The molecule has 0 aliphatic carbocycles. The Hall–Kier alpha value is -4.26. The van der Waals surface area contributed by atoms with E-state index >= 15 is 0 Å². The largest absolute Gasteiger partial charge is 0.353 e. The van der Waals surface area contributed by atoms with E-state index in [0.29, 0.717) is 13.1 Å². The molecule has 166 valence electrons. The first kappa shape index (κ1) is 22.0. The van der Waals surface area contributed by atoms with Crippen LogP contribution >= 0.6 is 0 Å². The molecule has 0 aliphatic heterocycles. The highest BCUT2D eigenvalue weighted by molar-refractivity contribution is 5.75. The Labute approximate surface area is 192 Å². The van der Waals surface area contributed by atoms with E-state index in [1.54, 1.807) is 0 Å². The highest BCUT2D eigenvalue weighted by Crippen LogP contribution is 2.36. The molecule has 7 heteroatoms. The summed E-state index contributed by atoms with van der Waals surface area (Å²) in [4.78, 5) is 22.4. The van der Waals surface area contributed by atoms with Crippen LogP contribution in [-0.2, 0) is 13.1 Å². The summed E-state index contributed by atoms with van der Waals surface area (Å²) in [6.45, 7) is 4.91. The average molecular weight is 440 g/mol. The van der Waals surface area contributed by atoms with Crippen molar-refractivity contribution in [2.45, 2.75) is 26.9 Å². The third kappa shape index (κ3) is 5.15. The fourth-order valence-electron chi connectivity index (χ4n) is 3.69. The van der Waals surface area contributed by atoms with Crippen molar-refractivity contribution in [1.29, 1.82) is 0 Å². The van der Waals surface area contributed by atoms with Gasteiger partial charge in [0.2, 0.25) is 11.6 Å². The molecule has 1 aromatic heterocycles. The predicted molar refractivity (Wildman–Crippen MR) is 131 cm³/mol. The fourth-order valence-corrected chi connectivity index (χ4v) is 3.69. The molecule has 1 N–H and O–H groups in total. The van der Waals surface area contributed by atoms with Gasteiger partial charge in [-0.05, 0) is 42.2 Å². The Kier molecular flexibility index (Phi) is 6.59. The molecule has 4 aromatic rings. The Morgan fingerprint density at radius 3 is 2.03 bits per heavy atom. The van der Waals surface area contributed by atoms with Gasteiger partial charge in [0.15, 0.2) is 0 Å². The van der Waals surface area contributed by atoms with Gasteiger partial charge in [0.1, 0.15) is 6.33 Å². The molecule has 0 fully saturated rings. The lowest BCUT2D eigenvalue weighted by Crippen LogP contribution is -2.24. The van der Waals surface area contributed by atoms with Gasteiger partial charge in [-0.15, -0.1) is 0 Å². The molecule has 33 heavy (non-hydrogen) atoms. The summed E-state index contributed by atoms with van der Waals surface area (Å²) in [5, 5.41) is 15.4. The minimum absolute atomic E-state index is 0.148. The molecule has 0 unspecified atom stereocenters. The monoisotopic (exact) mass is 439 g/mol. The summed E-state index contributed by atoms with van der Waals surface area (Å²) in [5.41, 5.74) is 4.80. The van der Waals surface area contributed by atoms with Crippen molar-refractivity contribution in [3.8, 4) is 0 Å².